The number of nitrogens with zero attached hydrogens (tertiary/aromatic N) is 3. The van der Waals surface area contributed by atoms with Gasteiger partial charge in [-0.3, -0.25) is 0 Å². The Kier molecular flexibility index (Phi) is 5.00. The van der Waals surface area contributed by atoms with E-state index in [9.17, 15) is 5.11 Å². The lowest BCUT2D eigenvalue weighted by molar-refractivity contribution is -0.103. The quantitative estimate of drug-likeness (QED) is 0.379. The van der Waals surface area contributed by atoms with Gasteiger partial charge in [0.25, 0.3) is 0 Å². The van der Waals surface area contributed by atoms with Crippen LogP contribution in [0.3, 0.4) is 0 Å². The second-order valence-electron chi connectivity index (χ2n) is 5.86. The lowest BCUT2D eigenvalue weighted by atomic mass is 9.86. The fourth-order valence-electron chi connectivity index (χ4n) is 3.33. The summed E-state index contributed by atoms with van der Waals surface area (Å²) in [7, 11) is 1.54. The fourth-order valence-corrected chi connectivity index (χ4v) is 3.76. The van der Waals surface area contributed by atoms with Crippen molar-refractivity contribution in [3.8, 4) is 12.3 Å². The molecule has 0 aliphatic heterocycles. The van der Waals surface area contributed by atoms with Crippen molar-refractivity contribution in [2.24, 2.45) is 5.41 Å². The number of aliphatic hydroxyl groups is 1. The van der Waals surface area contributed by atoms with Crippen LogP contribution in [-0.2, 0) is 9.47 Å². The number of rotatable bonds is 5. The minimum atomic E-state index is -0.763. The third kappa shape index (κ3) is 2.87. The molecule has 3 atom stereocenters. The number of methoxy groups -OCH3 is 1. The molecule has 1 N–H and O–H groups in total. The normalized spacial score (nSPS) is 26.8. The number of aliphatic hydroxyl groups excluding tert-OH is 1. The summed E-state index contributed by atoms with van der Waals surface area (Å²) in [4.78, 5) is 8.23. The van der Waals surface area contributed by atoms with Crippen molar-refractivity contribution >= 4 is 34.2 Å². The highest BCUT2D eigenvalue weighted by molar-refractivity contribution is 6.35. The Morgan fingerprint density at radius 1 is 1.50 bits per heavy atom. The Morgan fingerprint density at radius 2 is 2.29 bits per heavy atom. The Bertz CT molecular complexity index is 789. The Morgan fingerprint density at radius 3 is 2.96 bits per heavy atom. The molecular weight excluding hydrogens is 353 g/mol. The molecule has 2 aromatic rings. The summed E-state index contributed by atoms with van der Waals surface area (Å²) in [5.74, 6) is 2.72. The lowest BCUT2D eigenvalue weighted by Crippen LogP contribution is -2.34. The molecule has 0 bridgehead atoms. The first-order valence-electron chi connectivity index (χ1n) is 7.43. The van der Waals surface area contributed by atoms with Crippen molar-refractivity contribution in [2.75, 3.05) is 20.5 Å². The number of aromatic nitrogens is 3. The summed E-state index contributed by atoms with van der Waals surface area (Å²) in [5.41, 5.74) is -0.123. The molecule has 0 aromatic carbocycles. The van der Waals surface area contributed by atoms with E-state index in [4.69, 9.17) is 39.1 Å². The third-order valence-corrected chi connectivity index (χ3v) is 5.01. The van der Waals surface area contributed by atoms with E-state index in [1.807, 2.05) is 16.8 Å². The summed E-state index contributed by atoms with van der Waals surface area (Å²) >= 11 is 12.1. The van der Waals surface area contributed by atoms with E-state index < -0.39 is 5.41 Å². The van der Waals surface area contributed by atoms with E-state index in [2.05, 4.69) is 15.9 Å². The third-order valence-electron chi connectivity index (χ3n) is 4.55. The minimum Gasteiger partial charge on any atom is -0.395 e. The number of halogens is 2. The van der Waals surface area contributed by atoms with Crippen LogP contribution in [0.5, 0.6) is 0 Å². The van der Waals surface area contributed by atoms with Gasteiger partial charge in [0.05, 0.1) is 23.5 Å². The fraction of sp³-hybridized carbons (Fsp3) is 0.500. The number of fused-ring (bicyclic) bond motifs is 1. The van der Waals surface area contributed by atoms with Crippen molar-refractivity contribution in [1.82, 2.24) is 14.5 Å². The molecule has 0 unspecified atom stereocenters. The van der Waals surface area contributed by atoms with Crippen LogP contribution >= 0.6 is 23.2 Å². The van der Waals surface area contributed by atoms with Gasteiger partial charge >= 0.3 is 0 Å². The van der Waals surface area contributed by atoms with E-state index in [0.29, 0.717) is 23.6 Å². The van der Waals surface area contributed by atoms with Crippen molar-refractivity contribution < 1.29 is 14.6 Å². The van der Waals surface area contributed by atoms with Crippen molar-refractivity contribution in [3.63, 3.8) is 0 Å². The summed E-state index contributed by atoms with van der Waals surface area (Å²) in [6.45, 7) is -0.0445. The second kappa shape index (κ2) is 6.87. The molecule has 2 aromatic heterocycles. The van der Waals surface area contributed by atoms with Crippen LogP contribution in [0, 0.1) is 17.8 Å². The monoisotopic (exact) mass is 369 g/mol. The largest absolute Gasteiger partial charge is 0.395 e. The molecule has 0 saturated heterocycles. The van der Waals surface area contributed by atoms with E-state index >= 15 is 0 Å². The van der Waals surface area contributed by atoms with Gasteiger partial charge in [-0.05, 0) is 30.5 Å². The summed E-state index contributed by atoms with van der Waals surface area (Å²) in [5, 5.41) is 11.0. The van der Waals surface area contributed by atoms with Crippen LogP contribution in [0.2, 0.25) is 10.4 Å². The molecule has 2 heterocycles. The smallest absolute Gasteiger partial charge is 0.225 e. The zero-order valence-corrected chi connectivity index (χ0v) is 14.6. The predicted molar refractivity (Wildman–Crippen MR) is 90.9 cm³/mol. The van der Waals surface area contributed by atoms with Crippen LogP contribution < -0.4 is 0 Å². The summed E-state index contributed by atoms with van der Waals surface area (Å²) in [6, 6.07) is 1.84. The van der Waals surface area contributed by atoms with Gasteiger partial charge in [-0.2, -0.15) is 4.98 Å². The maximum absolute atomic E-state index is 9.86. The first-order chi connectivity index (χ1) is 11.5. The minimum absolute atomic E-state index is 0.00501. The first-order valence-corrected chi connectivity index (χ1v) is 8.19. The molecule has 1 fully saturated rings. The van der Waals surface area contributed by atoms with Crippen LogP contribution in [-0.4, -0.2) is 46.3 Å². The molecule has 8 heteroatoms. The van der Waals surface area contributed by atoms with E-state index in [1.165, 1.54) is 0 Å². The Hall–Kier alpha value is -1.36. The Labute approximate surface area is 149 Å². The zero-order chi connectivity index (χ0) is 17.3. The maximum atomic E-state index is 9.86. The van der Waals surface area contributed by atoms with Gasteiger partial charge in [0, 0.05) is 19.3 Å². The molecule has 1 aliphatic rings. The molecule has 0 radical (unpaired) electrons. The van der Waals surface area contributed by atoms with Crippen molar-refractivity contribution in [2.45, 2.75) is 25.0 Å². The van der Waals surface area contributed by atoms with Gasteiger partial charge in [0.2, 0.25) is 5.28 Å². The average molecular weight is 370 g/mol. The van der Waals surface area contributed by atoms with E-state index in [0.717, 1.165) is 5.39 Å². The highest BCUT2D eigenvalue weighted by Crippen LogP contribution is 2.46. The first kappa shape index (κ1) is 17.5. The lowest BCUT2D eigenvalue weighted by Gasteiger charge is -2.27. The van der Waals surface area contributed by atoms with Crippen LogP contribution in [0.4, 0.5) is 0 Å². The topological polar surface area (TPSA) is 69.4 Å². The number of terminal acetylenes is 1. The zero-order valence-electron chi connectivity index (χ0n) is 13.1. The Balaban J connectivity index is 1.98. The van der Waals surface area contributed by atoms with Gasteiger partial charge in [-0.1, -0.05) is 17.5 Å². The van der Waals surface area contributed by atoms with E-state index in [1.54, 1.807) is 7.11 Å². The van der Waals surface area contributed by atoms with Crippen LogP contribution in [0.25, 0.3) is 11.0 Å². The molecule has 6 nitrogen and oxygen atoms in total. The van der Waals surface area contributed by atoms with Gasteiger partial charge in [-0.25, -0.2) is 4.98 Å². The average Bonchev–Trinajstić information content (AvgIpc) is 3.14. The standard InChI is InChI=1S/C16H17Cl2N3O3/c1-3-16(8-22)7-10(6-12(16)24-9-23-2)21-5-4-11-13(17)19-15(18)20-14(11)21/h1,4-5,10,12,22H,6-9H2,2H3/t10-,12-,16+/m0/s1. The van der Waals surface area contributed by atoms with Crippen LogP contribution in [0.15, 0.2) is 12.3 Å². The summed E-state index contributed by atoms with van der Waals surface area (Å²) < 4.78 is 12.7. The van der Waals surface area contributed by atoms with Gasteiger partial charge in [0.1, 0.15) is 17.6 Å². The highest BCUT2D eigenvalue weighted by atomic mass is 35.5. The molecule has 24 heavy (non-hydrogen) atoms. The number of hydrogen-bond acceptors (Lipinski definition) is 5. The number of hydrogen-bond donors (Lipinski definition) is 1. The van der Waals surface area contributed by atoms with E-state index in [-0.39, 0.29) is 30.8 Å². The molecular formula is C16H17Cl2N3O3. The molecule has 0 amide bonds. The SMILES string of the molecule is C#C[C@]1(CO)C[C@@H](n2ccc3c(Cl)nc(Cl)nc32)C[C@@H]1OCOC. The molecule has 3 rings (SSSR count). The highest BCUT2D eigenvalue weighted by Gasteiger charge is 2.48. The van der Waals surface area contributed by atoms with Crippen molar-refractivity contribution in [3.05, 3.63) is 22.7 Å². The van der Waals surface area contributed by atoms with Crippen LogP contribution in [0.1, 0.15) is 18.9 Å². The van der Waals surface area contributed by atoms with Gasteiger partial charge < -0.3 is 19.1 Å². The van der Waals surface area contributed by atoms with Gasteiger partial charge in [0.15, 0.2) is 0 Å². The van der Waals surface area contributed by atoms with Crippen molar-refractivity contribution in [1.29, 1.82) is 0 Å². The molecule has 128 valence electrons. The predicted octanol–water partition coefficient (Wildman–Crippen LogP) is 2.67. The molecule has 1 aliphatic carbocycles. The second-order valence-corrected chi connectivity index (χ2v) is 6.55. The molecule has 0 spiro atoms. The maximum Gasteiger partial charge on any atom is 0.225 e. The molecule has 1 saturated carbocycles. The van der Waals surface area contributed by atoms with Gasteiger partial charge in [-0.15, -0.1) is 6.42 Å². The summed E-state index contributed by atoms with van der Waals surface area (Å²) in [6.07, 6.45) is 8.45. The number of ether oxygens (including phenoxy) is 2.